The first-order chi connectivity index (χ1) is 14.6. The zero-order valence-electron chi connectivity index (χ0n) is 16.6. The van der Waals surface area contributed by atoms with Gasteiger partial charge in [0, 0.05) is 36.8 Å². The summed E-state index contributed by atoms with van der Waals surface area (Å²) in [7, 11) is -1.66. The Morgan fingerprint density at radius 2 is 2.00 bits per heavy atom. The average Bonchev–Trinajstić information content (AvgIpc) is 3.42. The van der Waals surface area contributed by atoms with E-state index in [9.17, 15) is 17.4 Å². The van der Waals surface area contributed by atoms with E-state index in [1.807, 2.05) is 6.07 Å². The number of hydrogen-bond acceptors (Lipinski definition) is 6. The number of pyridine rings is 1. The van der Waals surface area contributed by atoms with Crippen LogP contribution in [0.3, 0.4) is 0 Å². The fourth-order valence-corrected chi connectivity index (χ4v) is 4.65. The van der Waals surface area contributed by atoms with Gasteiger partial charge in [-0.15, -0.1) is 0 Å². The van der Waals surface area contributed by atoms with E-state index in [0.29, 0.717) is 17.1 Å². The molecular formula is C19H18F3N7OS. The van der Waals surface area contributed by atoms with Crippen LogP contribution in [0.5, 0.6) is 0 Å². The maximum atomic E-state index is 13.1. The van der Waals surface area contributed by atoms with Gasteiger partial charge in [0.25, 0.3) is 0 Å². The van der Waals surface area contributed by atoms with E-state index in [1.54, 1.807) is 24.7 Å². The third-order valence-corrected chi connectivity index (χ3v) is 7.21. The molecule has 1 unspecified atom stereocenters. The van der Waals surface area contributed by atoms with Gasteiger partial charge in [0.15, 0.2) is 16.3 Å². The zero-order chi connectivity index (χ0) is 22.1. The van der Waals surface area contributed by atoms with Crippen LogP contribution in [-0.2, 0) is 23.0 Å². The van der Waals surface area contributed by atoms with Crippen molar-refractivity contribution in [3.63, 3.8) is 0 Å². The van der Waals surface area contributed by atoms with Crippen molar-refractivity contribution in [1.29, 1.82) is 4.78 Å². The molecule has 0 spiro atoms. The van der Waals surface area contributed by atoms with Crippen molar-refractivity contribution in [2.45, 2.75) is 36.9 Å². The number of rotatable bonds is 4. The van der Waals surface area contributed by atoms with Crippen LogP contribution in [0, 0.1) is 4.78 Å². The summed E-state index contributed by atoms with van der Waals surface area (Å²) in [4.78, 5) is 12.7. The second-order valence-corrected chi connectivity index (χ2v) is 9.90. The summed E-state index contributed by atoms with van der Waals surface area (Å²) in [6.07, 6.45) is -0.159. The highest BCUT2D eigenvalue weighted by atomic mass is 32.2. The summed E-state index contributed by atoms with van der Waals surface area (Å²) in [5.74, 6) is 0.565. The first-order valence-corrected chi connectivity index (χ1v) is 11.4. The second kappa shape index (κ2) is 6.49. The van der Waals surface area contributed by atoms with Crippen molar-refractivity contribution in [2.75, 3.05) is 5.75 Å². The van der Waals surface area contributed by atoms with Crippen LogP contribution < -0.4 is 0 Å². The molecule has 0 aliphatic heterocycles. The minimum Gasteiger partial charge on any atom is -0.312 e. The lowest BCUT2D eigenvalue weighted by Crippen LogP contribution is -2.06. The highest BCUT2D eigenvalue weighted by Gasteiger charge is 2.34. The van der Waals surface area contributed by atoms with Crippen molar-refractivity contribution in [1.82, 2.24) is 29.1 Å². The van der Waals surface area contributed by atoms with Gasteiger partial charge in [-0.2, -0.15) is 18.3 Å². The van der Waals surface area contributed by atoms with Gasteiger partial charge in [-0.3, -0.25) is 0 Å². The normalized spacial score (nSPS) is 16.8. The molecule has 31 heavy (non-hydrogen) atoms. The Hall–Kier alpha value is -3.02. The van der Waals surface area contributed by atoms with Crippen LogP contribution in [0.1, 0.15) is 36.9 Å². The molecule has 162 valence electrons. The van der Waals surface area contributed by atoms with Crippen LogP contribution in [-0.4, -0.2) is 39.1 Å². The molecule has 0 aromatic carbocycles. The Labute approximate surface area is 175 Å². The number of nitrogens with zero attached hydrogens (tertiary/aromatic N) is 6. The number of nitrogens with one attached hydrogen (secondary N) is 1. The molecule has 5 rings (SSSR count). The number of imidazole rings is 1. The molecule has 1 saturated carbocycles. The molecule has 4 aromatic heterocycles. The highest BCUT2D eigenvalue weighted by Crippen LogP contribution is 2.41. The van der Waals surface area contributed by atoms with E-state index in [-0.39, 0.29) is 27.8 Å². The second-order valence-electron chi connectivity index (χ2n) is 7.58. The minimum atomic E-state index is -4.55. The summed E-state index contributed by atoms with van der Waals surface area (Å²) in [6, 6.07) is 2.77. The number of aryl methyl sites for hydroxylation is 1. The van der Waals surface area contributed by atoms with Crippen molar-refractivity contribution < 1.29 is 17.4 Å². The zero-order valence-corrected chi connectivity index (χ0v) is 17.5. The molecule has 4 heterocycles. The van der Waals surface area contributed by atoms with Gasteiger partial charge in [-0.05, 0) is 25.0 Å². The van der Waals surface area contributed by atoms with Crippen molar-refractivity contribution >= 4 is 26.5 Å². The SMILES string of the molecule is CCS(=N)(=O)c1nn2c(C3CC3)ccnc2c1-c1nc2cc(C(F)(F)F)cnc2n1C. The molecule has 1 aliphatic carbocycles. The van der Waals surface area contributed by atoms with E-state index in [0.717, 1.165) is 30.8 Å². The Kier molecular flexibility index (Phi) is 4.17. The van der Waals surface area contributed by atoms with Crippen molar-refractivity contribution in [3.8, 4) is 11.4 Å². The first-order valence-electron chi connectivity index (χ1n) is 9.66. The van der Waals surface area contributed by atoms with Gasteiger partial charge in [0.05, 0.1) is 20.9 Å². The van der Waals surface area contributed by atoms with Gasteiger partial charge in [-0.1, -0.05) is 6.92 Å². The summed E-state index contributed by atoms with van der Waals surface area (Å²) in [5, 5.41) is 4.53. The number of aromatic nitrogens is 6. The highest BCUT2D eigenvalue weighted by molar-refractivity contribution is 7.92. The number of halogens is 3. The van der Waals surface area contributed by atoms with Crippen molar-refractivity contribution in [3.05, 3.63) is 35.8 Å². The summed E-state index contributed by atoms with van der Waals surface area (Å²) < 4.78 is 64.0. The molecule has 1 atom stereocenters. The number of fused-ring (bicyclic) bond motifs is 2. The predicted octanol–water partition coefficient (Wildman–Crippen LogP) is 4.00. The van der Waals surface area contributed by atoms with Gasteiger partial charge in [0.2, 0.25) is 0 Å². The van der Waals surface area contributed by atoms with Gasteiger partial charge < -0.3 is 4.57 Å². The van der Waals surface area contributed by atoms with Crippen molar-refractivity contribution in [2.24, 2.45) is 7.05 Å². The minimum absolute atomic E-state index is 0.0308. The van der Waals surface area contributed by atoms with Crippen LogP contribution in [0.4, 0.5) is 13.2 Å². The molecule has 4 aromatic rings. The Morgan fingerprint density at radius 3 is 2.65 bits per heavy atom. The lowest BCUT2D eigenvalue weighted by molar-refractivity contribution is -0.137. The van der Waals surface area contributed by atoms with Crippen LogP contribution in [0.25, 0.3) is 28.2 Å². The molecule has 1 aliphatic rings. The fraction of sp³-hybridized carbons (Fsp3) is 0.368. The average molecular weight is 449 g/mol. The largest absolute Gasteiger partial charge is 0.417 e. The third-order valence-electron chi connectivity index (χ3n) is 5.49. The summed E-state index contributed by atoms with van der Waals surface area (Å²) in [5.41, 5.74) is 0.945. The van der Waals surface area contributed by atoms with Crippen LogP contribution in [0.15, 0.2) is 29.6 Å². The smallest absolute Gasteiger partial charge is 0.312 e. The third kappa shape index (κ3) is 3.08. The van der Waals surface area contributed by atoms with E-state index in [4.69, 9.17) is 4.78 Å². The Bertz CT molecular complexity index is 1450. The predicted molar refractivity (Wildman–Crippen MR) is 107 cm³/mol. The van der Waals surface area contributed by atoms with E-state index in [1.165, 1.54) is 4.57 Å². The molecule has 1 fully saturated rings. The quantitative estimate of drug-likeness (QED) is 0.507. The molecular weight excluding hydrogens is 431 g/mol. The molecule has 0 bridgehead atoms. The van der Waals surface area contributed by atoms with E-state index < -0.39 is 21.5 Å². The van der Waals surface area contributed by atoms with Gasteiger partial charge in [0.1, 0.15) is 11.3 Å². The molecule has 0 saturated heterocycles. The molecule has 8 nitrogen and oxygen atoms in total. The Morgan fingerprint density at radius 1 is 1.26 bits per heavy atom. The van der Waals surface area contributed by atoms with Crippen LogP contribution >= 0.6 is 0 Å². The number of alkyl halides is 3. The molecule has 0 radical (unpaired) electrons. The van der Waals surface area contributed by atoms with E-state index >= 15 is 0 Å². The summed E-state index contributed by atoms with van der Waals surface area (Å²) in [6.45, 7) is 1.63. The first kappa shape index (κ1) is 19.9. The standard InChI is InChI=1S/C19H18F3N7OS/c1-3-31(23,30)18-14(16-24-7-6-13(10-4-5-10)29(16)27-18)17-26-12-8-11(19(20,21)22)9-25-15(12)28(17)2/h6-10,23H,3-5H2,1-2H3. The van der Waals surface area contributed by atoms with Crippen LogP contribution in [0.2, 0.25) is 0 Å². The van der Waals surface area contributed by atoms with E-state index in [2.05, 4.69) is 20.1 Å². The summed E-state index contributed by atoms with van der Waals surface area (Å²) >= 11 is 0. The maximum absolute atomic E-state index is 13.1. The topological polar surface area (TPSA) is 102 Å². The molecule has 0 amide bonds. The Balaban J connectivity index is 1.84. The lowest BCUT2D eigenvalue weighted by atomic mass is 10.2. The monoisotopic (exact) mass is 449 g/mol. The fourth-order valence-electron chi connectivity index (χ4n) is 3.65. The van der Waals surface area contributed by atoms with Gasteiger partial charge >= 0.3 is 6.18 Å². The number of hydrogen-bond donors (Lipinski definition) is 1. The van der Waals surface area contributed by atoms with Gasteiger partial charge in [-0.25, -0.2) is 28.5 Å². The lowest BCUT2D eigenvalue weighted by Gasteiger charge is -2.06. The maximum Gasteiger partial charge on any atom is 0.417 e. The molecule has 12 heteroatoms. The molecule has 1 N–H and O–H groups in total.